The van der Waals surface area contributed by atoms with E-state index in [1.807, 2.05) is 0 Å². The van der Waals surface area contributed by atoms with Crippen molar-refractivity contribution in [3.8, 4) is 0 Å². The third-order valence-electron chi connectivity index (χ3n) is 2.69. The largest absolute Gasteiger partial charge is 1.00 e. The number of rotatable bonds is 1. The Kier molecular flexibility index (Phi) is 10.1. The Morgan fingerprint density at radius 3 is 1.69 bits per heavy atom. The van der Waals surface area contributed by atoms with Gasteiger partial charge in [-0.05, 0) is 39.0 Å². The first kappa shape index (κ1) is 16.9. The van der Waals surface area contributed by atoms with Crippen LogP contribution in [0.1, 0.15) is 13.8 Å². The molecular formula is C9H21KN2O. The van der Waals surface area contributed by atoms with Gasteiger partial charge in [-0.3, -0.25) is 0 Å². The minimum Gasteiger partial charge on any atom is -0.870 e. The first-order chi connectivity index (χ1) is 5.13. The molecule has 0 amide bonds. The van der Waals surface area contributed by atoms with Gasteiger partial charge in [0.1, 0.15) is 0 Å². The summed E-state index contributed by atoms with van der Waals surface area (Å²) in [5, 5.41) is 3.44. The van der Waals surface area contributed by atoms with Crippen molar-refractivity contribution in [3.05, 3.63) is 0 Å². The van der Waals surface area contributed by atoms with Crippen molar-refractivity contribution in [2.75, 3.05) is 27.2 Å². The third kappa shape index (κ3) is 4.71. The molecule has 3 nitrogen and oxygen atoms in total. The molecule has 2 atom stereocenters. The van der Waals surface area contributed by atoms with Crippen LogP contribution in [0.4, 0.5) is 0 Å². The molecular weight excluding hydrogens is 191 g/mol. The predicted molar refractivity (Wildman–Crippen MR) is 50.6 cm³/mol. The van der Waals surface area contributed by atoms with Crippen LogP contribution in [0.3, 0.4) is 0 Å². The van der Waals surface area contributed by atoms with Gasteiger partial charge in [-0.15, -0.1) is 0 Å². The van der Waals surface area contributed by atoms with E-state index in [-0.39, 0.29) is 56.9 Å². The van der Waals surface area contributed by atoms with Crippen LogP contribution in [-0.2, 0) is 0 Å². The van der Waals surface area contributed by atoms with E-state index in [4.69, 9.17) is 0 Å². The minimum absolute atomic E-state index is 0. The van der Waals surface area contributed by atoms with Gasteiger partial charge in [-0.25, -0.2) is 0 Å². The third-order valence-corrected chi connectivity index (χ3v) is 2.69. The van der Waals surface area contributed by atoms with Crippen molar-refractivity contribution in [2.45, 2.75) is 19.9 Å². The monoisotopic (exact) mass is 212 g/mol. The van der Waals surface area contributed by atoms with E-state index >= 15 is 0 Å². The van der Waals surface area contributed by atoms with E-state index in [1.54, 1.807) is 0 Å². The van der Waals surface area contributed by atoms with Crippen LogP contribution in [0, 0.1) is 11.8 Å². The molecule has 0 saturated carbocycles. The second-order valence-corrected chi connectivity index (χ2v) is 4.07. The van der Waals surface area contributed by atoms with Crippen molar-refractivity contribution in [2.24, 2.45) is 11.8 Å². The SMILES string of the molecule is CC1CNCC(C)C1N(C)C.[K+].[OH-]. The molecule has 0 radical (unpaired) electrons. The zero-order chi connectivity index (χ0) is 8.43. The number of nitrogens with zero attached hydrogens (tertiary/aromatic N) is 1. The average Bonchev–Trinajstić information content (AvgIpc) is 1.85. The quantitative estimate of drug-likeness (QED) is 0.494. The summed E-state index contributed by atoms with van der Waals surface area (Å²) >= 11 is 0. The minimum atomic E-state index is 0. The molecule has 0 aliphatic carbocycles. The van der Waals surface area contributed by atoms with E-state index < -0.39 is 0 Å². The summed E-state index contributed by atoms with van der Waals surface area (Å²) in [6, 6.07) is 0.760. The van der Waals surface area contributed by atoms with E-state index in [1.165, 1.54) is 13.1 Å². The molecule has 2 unspecified atom stereocenters. The van der Waals surface area contributed by atoms with Crippen molar-refractivity contribution in [1.82, 2.24) is 10.2 Å². The topological polar surface area (TPSA) is 45.3 Å². The van der Waals surface area contributed by atoms with Gasteiger partial charge in [-0.2, -0.15) is 0 Å². The van der Waals surface area contributed by atoms with Gasteiger partial charge >= 0.3 is 51.4 Å². The first-order valence-electron chi connectivity index (χ1n) is 4.50. The fourth-order valence-corrected chi connectivity index (χ4v) is 2.36. The summed E-state index contributed by atoms with van der Waals surface area (Å²) in [5.74, 6) is 1.57. The van der Waals surface area contributed by atoms with Gasteiger partial charge in [-0.1, -0.05) is 13.8 Å². The molecule has 0 aromatic carbocycles. The maximum atomic E-state index is 3.44. The van der Waals surface area contributed by atoms with E-state index in [9.17, 15) is 0 Å². The first-order valence-corrected chi connectivity index (χ1v) is 4.50. The van der Waals surface area contributed by atoms with Crippen LogP contribution < -0.4 is 56.7 Å². The molecule has 0 bridgehead atoms. The second-order valence-electron chi connectivity index (χ2n) is 4.07. The van der Waals surface area contributed by atoms with Crippen molar-refractivity contribution < 1.29 is 56.9 Å². The standard InChI is InChI=1S/C9H20N2.K.H2O/c1-7-5-10-6-8(2)9(7)11(3)4;;/h7-10H,5-6H2,1-4H3;;1H2/q;+1;/p-1. The predicted octanol–water partition coefficient (Wildman–Crippen LogP) is -2.38. The summed E-state index contributed by atoms with van der Waals surface area (Å²) in [5.41, 5.74) is 0. The van der Waals surface area contributed by atoms with E-state index in [0.29, 0.717) is 0 Å². The molecule has 1 saturated heterocycles. The van der Waals surface area contributed by atoms with Gasteiger partial charge in [0.25, 0.3) is 0 Å². The zero-order valence-corrected chi connectivity index (χ0v) is 12.7. The van der Waals surface area contributed by atoms with Gasteiger partial charge < -0.3 is 15.7 Å². The number of piperidine rings is 1. The fourth-order valence-electron chi connectivity index (χ4n) is 2.36. The summed E-state index contributed by atoms with van der Waals surface area (Å²) in [7, 11) is 4.37. The molecule has 1 heterocycles. The summed E-state index contributed by atoms with van der Waals surface area (Å²) in [6.07, 6.45) is 0. The Bertz CT molecular complexity index is 123. The molecule has 1 aliphatic heterocycles. The molecule has 13 heavy (non-hydrogen) atoms. The normalized spacial score (nSPS) is 33.5. The Balaban J connectivity index is 0. The van der Waals surface area contributed by atoms with Gasteiger partial charge in [0.05, 0.1) is 0 Å². The van der Waals surface area contributed by atoms with Gasteiger partial charge in [0.15, 0.2) is 0 Å². The summed E-state index contributed by atoms with van der Waals surface area (Å²) < 4.78 is 0. The molecule has 0 aromatic heterocycles. The molecule has 0 aromatic rings. The zero-order valence-electron chi connectivity index (χ0n) is 9.54. The van der Waals surface area contributed by atoms with Crippen LogP contribution in [0.2, 0.25) is 0 Å². The summed E-state index contributed by atoms with van der Waals surface area (Å²) in [4.78, 5) is 2.36. The van der Waals surface area contributed by atoms with E-state index in [2.05, 4.69) is 38.2 Å². The Morgan fingerprint density at radius 1 is 1.08 bits per heavy atom. The maximum Gasteiger partial charge on any atom is 1.00 e. The molecule has 1 aliphatic rings. The summed E-state index contributed by atoms with van der Waals surface area (Å²) in [6.45, 7) is 7.00. The van der Waals surface area contributed by atoms with Gasteiger partial charge in [0.2, 0.25) is 0 Å². The Hall–Kier alpha value is 1.52. The van der Waals surface area contributed by atoms with Crippen LogP contribution >= 0.6 is 0 Å². The van der Waals surface area contributed by atoms with Crippen LogP contribution in [0.5, 0.6) is 0 Å². The van der Waals surface area contributed by atoms with Crippen LogP contribution in [0.15, 0.2) is 0 Å². The van der Waals surface area contributed by atoms with E-state index in [0.717, 1.165) is 17.9 Å². The molecule has 0 spiro atoms. The molecule has 4 heteroatoms. The number of hydrogen-bond acceptors (Lipinski definition) is 3. The van der Waals surface area contributed by atoms with Gasteiger partial charge in [0, 0.05) is 6.04 Å². The number of nitrogens with one attached hydrogen (secondary N) is 1. The Morgan fingerprint density at radius 2 is 1.46 bits per heavy atom. The Labute approximate surface area is 124 Å². The van der Waals surface area contributed by atoms with Crippen LogP contribution in [-0.4, -0.2) is 43.6 Å². The average molecular weight is 212 g/mol. The molecule has 2 N–H and O–H groups in total. The van der Waals surface area contributed by atoms with Crippen LogP contribution in [0.25, 0.3) is 0 Å². The molecule has 74 valence electrons. The maximum absolute atomic E-state index is 3.44. The van der Waals surface area contributed by atoms with Crippen molar-refractivity contribution in [3.63, 3.8) is 0 Å². The van der Waals surface area contributed by atoms with Crippen molar-refractivity contribution >= 4 is 0 Å². The second kappa shape index (κ2) is 7.76. The number of hydrogen-bond donors (Lipinski definition) is 1. The van der Waals surface area contributed by atoms with Crippen molar-refractivity contribution in [1.29, 1.82) is 0 Å². The molecule has 1 fully saturated rings. The fraction of sp³-hybridized carbons (Fsp3) is 1.00. The smallest absolute Gasteiger partial charge is 0.870 e. The molecule has 1 rings (SSSR count).